The third-order valence-electron chi connectivity index (χ3n) is 3.88. The van der Waals surface area contributed by atoms with Crippen molar-refractivity contribution in [1.29, 1.82) is 0 Å². The fourth-order valence-electron chi connectivity index (χ4n) is 2.37. The predicted octanol–water partition coefficient (Wildman–Crippen LogP) is 0.670. The van der Waals surface area contributed by atoms with E-state index in [9.17, 15) is 9.90 Å². The molecule has 0 saturated carbocycles. The molecule has 0 bridgehead atoms. The zero-order valence-electron chi connectivity index (χ0n) is 10.8. The lowest BCUT2D eigenvalue weighted by molar-refractivity contribution is -0.127. The van der Waals surface area contributed by atoms with Crippen molar-refractivity contribution in [3.8, 4) is 0 Å². The molecule has 2 aliphatic rings. The molecule has 0 radical (unpaired) electrons. The normalized spacial score (nSPS) is 29.6. The predicted molar refractivity (Wildman–Crippen MR) is 66.6 cm³/mol. The number of hydrogen-bond acceptors (Lipinski definition) is 3. The highest BCUT2D eigenvalue weighted by Crippen LogP contribution is 2.23. The number of carbonyl (C=O) groups excluding carboxylic acids is 1. The van der Waals surface area contributed by atoms with Gasteiger partial charge in [0.2, 0.25) is 5.91 Å². The van der Waals surface area contributed by atoms with E-state index in [1.165, 1.54) is 5.57 Å². The standard InChI is InChI=1S/C13H22N2O2/c1-10(11-8-14-9-11)12(16)15-6-3-4-13(2,17)5-7-15/h14,17H,3-9H2,1-2H3. The Kier molecular flexibility index (Phi) is 3.54. The monoisotopic (exact) mass is 238 g/mol. The van der Waals surface area contributed by atoms with Crippen molar-refractivity contribution in [2.45, 2.75) is 38.7 Å². The molecule has 0 spiro atoms. The highest BCUT2D eigenvalue weighted by atomic mass is 16.3. The van der Waals surface area contributed by atoms with Crippen LogP contribution in [0.15, 0.2) is 11.1 Å². The van der Waals surface area contributed by atoms with Crippen LogP contribution in [0.5, 0.6) is 0 Å². The highest BCUT2D eigenvalue weighted by molar-refractivity contribution is 5.94. The van der Waals surface area contributed by atoms with Crippen LogP contribution in [0.2, 0.25) is 0 Å². The van der Waals surface area contributed by atoms with Gasteiger partial charge in [-0.1, -0.05) is 0 Å². The van der Waals surface area contributed by atoms with Gasteiger partial charge >= 0.3 is 0 Å². The van der Waals surface area contributed by atoms with E-state index in [4.69, 9.17) is 0 Å². The van der Waals surface area contributed by atoms with Gasteiger partial charge in [0, 0.05) is 31.8 Å². The van der Waals surface area contributed by atoms with Crippen LogP contribution < -0.4 is 5.32 Å². The summed E-state index contributed by atoms with van der Waals surface area (Å²) in [6.45, 7) is 6.92. The molecular formula is C13H22N2O2. The Bertz CT molecular complexity index is 341. The zero-order chi connectivity index (χ0) is 12.5. The molecule has 2 rings (SSSR count). The number of carbonyl (C=O) groups is 1. The maximum absolute atomic E-state index is 12.3. The van der Waals surface area contributed by atoms with Crippen LogP contribution in [0.25, 0.3) is 0 Å². The molecule has 0 aromatic heterocycles. The molecule has 1 amide bonds. The molecule has 1 atom stereocenters. The SMILES string of the molecule is CC(C(=O)N1CCCC(C)(O)CC1)=C1CNC1. The summed E-state index contributed by atoms with van der Waals surface area (Å²) in [6, 6.07) is 0. The number of likely N-dealkylation sites (tertiary alicyclic amines) is 1. The number of hydrogen-bond donors (Lipinski definition) is 2. The van der Waals surface area contributed by atoms with E-state index >= 15 is 0 Å². The van der Waals surface area contributed by atoms with Gasteiger partial charge in [-0.05, 0) is 38.7 Å². The van der Waals surface area contributed by atoms with Crippen molar-refractivity contribution in [1.82, 2.24) is 10.2 Å². The lowest BCUT2D eigenvalue weighted by Gasteiger charge is -2.26. The highest BCUT2D eigenvalue weighted by Gasteiger charge is 2.28. The summed E-state index contributed by atoms with van der Waals surface area (Å²) in [5.41, 5.74) is 1.52. The first-order valence-corrected chi connectivity index (χ1v) is 6.41. The Morgan fingerprint density at radius 1 is 1.35 bits per heavy atom. The van der Waals surface area contributed by atoms with E-state index in [2.05, 4.69) is 5.32 Å². The molecule has 0 aromatic carbocycles. The first kappa shape index (κ1) is 12.6. The summed E-state index contributed by atoms with van der Waals surface area (Å²) >= 11 is 0. The molecule has 2 N–H and O–H groups in total. The van der Waals surface area contributed by atoms with E-state index in [0.29, 0.717) is 13.0 Å². The van der Waals surface area contributed by atoms with E-state index in [-0.39, 0.29) is 5.91 Å². The minimum absolute atomic E-state index is 0.152. The van der Waals surface area contributed by atoms with Crippen LogP contribution >= 0.6 is 0 Å². The van der Waals surface area contributed by atoms with Crippen molar-refractivity contribution >= 4 is 5.91 Å². The van der Waals surface area contributed by atoms with Gasteiger partial charge in [-0.25, -0.2) is 0 Å². The molecule has 4 nitrogen and oxygen atoms in total. The average molecular weight is 238 g/mol. The van der Waals surface area contributed by atoms with Crippen molar-refractivity contribution in [3.05, 3.63) is 11.1 Å². The number of amides is 1. The first-order valence-electron chi connectivity index (χ1n) is 6.41. The fraction of sp³-hybridized carbons (Fsp3) is 0.769. The molecule has 1 unspecified atom stereocenters. The van der Waals surface area contributed by atoms with Crippen LogP contribution in [0.3, 0.4) is 0 Å². The summed E-state index contributed by atoms with van der Waals surface area (Å²) in [4.78, 5) is 14.1. The summed E-state index contributed by atoms with van der Waals surface area (Å²) in [7, 11) is 0. The second-order valence-corrected chi connectivity index (χ2v) is 5.47. The maximum Gasteiger partial charge on any atom is 0.249 e. The van der Waals surface area contributed by atoms with Crippen LogP contribution in [0.1, 0.15) is 33.1 Å². The number of nitrogens with one attached hydrogen (secondary N) is 1. The van der Waals surface area contributed by atoms with Crippen LogP contribution in [0.4, 0.5) is 0 Å². The minimum atomic E-state index is -0.603. The molecule has 2 fully saturated rings. The second-order valence-electron chi connectivity index (χ2n) is 5.47. The van der Waals surface area contributed by atoms with Crippen LogP contribution in [-0.4, -0.2) is 47.7 Å². The average Bonchev–Trinajstić information content (AvgIpc) is 2.35. The van der Waals surface area contributed by atoms with Crippen molar-refractivity contribution in [2.75, 3.05) is 26.2 Å². The summed E-state index contributed by atoms with van der Waals surface area (Å²) in [5.74, 6) is 0.152. The van der Waals surface area contributed by atoms with E-state index in [1.54, 1.807) is 0 Å². The van der Waals surface area contributed by atoms with Gasteiger partial charge in [0.15, 0.2) is 0 Å². The molecule has 2 heterocycles. The van der Waals surface area contributed by atoms with E-state index in [0.717, 1.165) is 38.0 Å². The second kappa shape index (κ2) is 4.78. The Balaban J connectivity index is 2.00. The topological polar surface area (TPSA) is 52.6 Å². The van der Waals surface area contributed by atoms with Gasteiger partial charge in [0.25, 0.3) is 0 Å². The molecular weight excluding hydrogens is 216 g/mol. The summed E-state index contributed by atoms with van der Waals surface area (Å²) in [5, 5.41) is 13.2. The van der Waals surface area contributed by atoms with Gasteiger partial charge < -0.3 is 15.3 Å². The maximum atomic E-state index is 12.3. The third-order valence-corrected chi connectivity index (χ3v) is 3.88. The van der Waals surface area contributed by atoms with E-state index in [1.807, 2.05) is 18.7 Å². The number of nitrogens with zero attached hydrogens (tertiary/aromatic N) is 1. The summed E-state index contributed by atoms with van der Waals surface area (Å²) in [6.07, 6.45) is 2.35. The van der Waals surface area contributed by atoms with Gasteiger partial charge in [0.1, 0.15) is 0 Å². The van der Waals surface area contributed by atoms with Crippen molar-refractivity contribution in [3.63, 3.8) is 0 Å². The lowest BCUT2D eigenvalue weighted by Crippen LogP contribution is -2.39. The smallest absolute Gasteiger partial charge is 0.249 e. The molecule has 0 aromatic rings. The molecule has 2 saturated heterocycles. The van der Waals surface area contributed by atoms with Crippen LogP contribution in [0, 0.1) is 0 Å². The van der Waals surface area contributed by atoms with Crippen molar-refractivity contribution in [2.24, 2.45) is 0 Å². The third kappa shape index (κ3) is 2.87. The first-order chi connectivity index (χ1) is 7.99. The number of aliphatic hydroxyl groups is 1. The van der Waals surface area contributed by atoms with Crippen molar-refractivity contribution < 1.29 is 9.90 Å². The van der Waals surface area contributed by atoms with E-state index < -0.39 is 5.60 Å². The molecule has 2 aliphatic heterocycles. The fourth-order valence-corrected chi connectivity index (χ4v) is 2.37. The molecule has 17 heavy (non-hydrogen) atoms. The quantitative estimate of drug-likeness (QED) is 0.660. The largest absolute Gasteiger partial charge is 0.390 e. The van der Waals surface area contributed by atoms with Gasteiger partial charge in [0.05, 0.1) is 5.60 Å². The Morgan fingerprint density at radius 3 is 2.65 bits per heavy atom. The Labute approximate surface area is 103 Å². The van der Waals surface area contributed by atoms with Gasteiger partial charge in [-0.3, -0.25) is 4.79 Å². The summed E-state index contributed by atoms with van der Waals surface area (Å²) < 4.78 is 0. The minimum Gasteiger partial charge on any atom is -0.390 e. The van der Waals surface area contributed by atoms with Gasteiger partial charge in [-0.2, -0.15) is 0 Å². The molecule has 0 aliphatic carbocycles. The molecule has 4 heteroatoms. The number of rotatable bonds is 1. The molecule has 96 valence electrons. The Morgan fingerprint density at radius 2 is 2.06 bits per heavy atom. The Hall–Kier alpha value is -0.870. The zero-order valence-corrected chi connectivity index (χ0v) is 10.8. The van der Waals surface area contributed by atoms with Gasteiger partial charge in [-0.15, -0.1) is 0 Å². The lowest BCUT2D eigenvalue weighted by atomic mass is 9.98. The van der Waals surface area contributed by atoms with Crippen LogP contribution in [-0.2, 0) is 4.79 Å².